The van der Waals surface area contributed by atoms with E-state index in [9.17, 15) is 8.42 Å². The maximum atomic E-state index is 11.3. The molecule has 0 bridgehead atoms. The Morgan fingerprint density at radius 2 is 1.95 bits per heavy atom. The van der Waals surface area contributed by atoms with Crippen LogP contribution in [0.1, 0.15) is 37.2 Å². The van der Waals surface area contributed by atoms with Crippen LogP contribution in [0.4, 0.5) is 0 Å². The van der Waals surface area contributed by atoms with Crippen LogP contribution in [0.15, 0.2) is 30.3 Å². The van der Waals surface area contributed by atoms with E-state index in [1.54, 1.807) is 0 Å². The van der Waals surface area contributed by atoms with Crippen LogP contribution in [0.5, 0.6) is 0 Å². The van der Waals surface area contributed by atoms with Gasteiger partial charge in [0.05, 0.1) is 5.75 Å². The third kappa shape index (κ3) is 4.30. The Morgan fingerprint density at radius 1 is 1.20 bits per heavy atom. The molecule has 20 heavy (non-hydrogen) atoms. The SMILES string of the molecule is CNS(=O)(=O)CCCN[C@H]1CCC[C@H]1c1ccccc1. The van der Waals surface area contributed by atoms with E-state index in [0.717, 1.165) is 6.54 Å². The van der Waals surface area contributed by atoms with Gasteiger partial charge in [-0.1, -0.05) is 36.8 Å². The predicted molar refractivity (Wildman–Crippen MR) is 82.3 cm³/mol. The summed E-state index contributed by atoms with van der Waals surface area (Å²) in [4.78, 5) is 0. The fraction of sp³-hybridized carbons (Fsp3) is 0.600. The lowest BCUT2D eigenvalue weighted by Crippen LogP contribution is -2.33. The zero-order valence-electron chi connectivity index (χ0n) is 12.0. The first-order chi connectivity index (χ1) is 9.62. The Morgan fingerprint density at radius 3 is 2.65 bits per heavy atom. The maximum absolute atomic E-state index is 11.3. The Balaban J connectivity index is 1.81. The molecule has 1 fully saturated rings. The van der Waals surface area contributed by atoms with Crippen molar-refractivity contribution in [2.45, 2.75) is 37.6 Å². The summed E-state index contributed by atoms with van der Waals surface area (Å²) in [5.74, 6) is 0.760. The summed E-state index contributed by atoms with van der Waals surface area (Å²) >= 11 is 0. The molecule has 0 radical (unpaired) electrons. The fourth-order valence-corrected chi connectivity index (χ4v) is 3.68. The molecule has 2 N–H and O–H groups in total. The topological polar surface area (TPSA) is 58.2 Å². The molecule has 112 valence electrons. The molecule has 0 heterocycles. The molecule has 4 nitrogen and oxygen atoms in total. The first kappa shape index (κ1) is 15.5. The van der Waals surface area contributed by atoms with Crippen molar-refractivity contribution in [2.75, 3.05) is 19.3 Å². The van der Waals surface area contributed by atoms with Gasteiger partial charge in [-0.15, -0.1) is 0 Å². The molecule has 0 aromatic heterocycles. The van der Waals surface area contributed by atoms with Gasteiger partial charge < -0.3 is 5.32 Å². The number of benzene rings is 1. The van der Waals surface area contributed by atoms with Crippen LogP contribution >= 0.6 is 0 Å². The van der Waals surface area contributed by atoms with Gasteiger partial charge in [0.15, 0.2) is 0 Å². The smallest absolute Gasteiger partial charge is 0.211 e. The molecule has 0 saturated heterocycles. The summed E-state index contributed by atoms with van der Waals surface area (Å²) in [6.45, 7) is 0.759. The molecule has 2 rings (SSSR count). The highest BCUT2D eigenvalue weighted by Gasteiger charge is 2.27. The molecule has 0 spiro atoms. The van der Waals surface area contributed by atoms with Crippen LogP contribution in [0.25, 0.3) is 0 Å². The minimum absolute atomic E-state index is 0.194. The van der Waals surface area contributed by atoms with Gasteiger partial charge >= 0.3 is 0 Å². The van der Waals surface area contributed by atoms with Crippen LogP contribution < -0.4 is 10.0 Å². The minimum atomic E-state index is -3.07. The Hall–Kier alpha value is -0.910. The Kier molecular flexibility index (Phi) is 5.57. The van der Waals surface area contributed by atoms with Crippen LogP contribution in [-0.4, -0.2) is 33.8 Å². The number of nitrogens with one attached hydrogen (secondary N) is 2. The summed E-state index contributed by atoms with van der Waals surface area (Å²) in [5.41, 5.74) is 1.39. The summed E-state index contributed by atoms with van der Waals surface area (Å²) in [7, 11) is -1.61. The van der Waals surface area contributed by atoms with E-state index in [-0.39, 0.29) is 5.75 Å². The average molecular weight is 296 g/mol. The van der Waals surface area contributed by atoms with Gasteiger partial charge in [0.25, 0.3) is 0 Å². The van der Waals surface area contributed by atoms with E-state index in [4.69, 9.17) is 0 Å². The standard InChI is InChI=1S/C15H24N2O2S/c1-16-20(18,19)12-6-11-17-15-10-5-9-14(15)13-7-3-2-4-8-13/h2-4,7-8,14-17H,5-6,9-12H2,1H3/t14-,15-/m0/s1. The van der Waals surface area contributed by atoms with Gasteiger partial charge in [-0.05, 0) is 44.3 Å². The van der Waals surface area contributed by atoms with Crippen LogP contribution in [-0.2, 0) is 10.0 Å². The van der Waals surface area contributed by atoms with Gasteiger partial charge in [0, 0.05) is 6.04 Å². The second kappa shape index (κ2) is 7.20. The highest BCUT2D eigenvalue weighted by molar-refractivity contribution is 7.89. The molecule has 0 unspecified atom stereocenters. The first-order valence-electron chi connectivity index (χ1n) is 7.32. The number of hydrogen-bond donors (Lipinski definition) is 2. The second-order valence-electron chi connectivity index (χ2n) is 5.39. The number of hydrogen-bond acceptors (Lipinski definition) is 3. The van der Waals surface area contributed by atoms with Crippen molar-refractivity contribution in [1.29, 1.82) is 0 Å². The largest absolute Gasteiger partial charge is 0.313 e. The maximum Gasteiger partial charge on any atom is 0.211 e. The van der Waals surface area contributed by atoms with Crippen molar-refractivity contribution >= 4 is 10.0 Å². The lowest BCUT2D eigenvalue weighted by Gasteiger charge is -2.21. The van der Waals surface area contributed by atoms with E-state index in [1.807, 2.05) is 6.07 Å². The molecule has 1 aliphatic rings. The monoisotopic (exact) mass is 296 g/mol. The molecule has 1 aromatic rings. The average Bonchev–Trinajstić information content (AvgIpc) is 2.93. The van der Waals surface area contributed by atoms with E-state index in [1.165, 1.54) is 31.9 Å². The quantitative estimate of drug-likeness (QED) is 0.755. The molecule has 1 saturated carbocycles. The van der Waals surface area contributed by atoms with E-state index in [2.05, 4.69) is 34.3 Å². The van der Waals surface area contributed by atoms with Gasteiger partial charge in [-0.2, -0.15) is 0 Å². The van der Waals surface area contributed by atoms with Crippen LogP contribution in [0.2, 0.25) is 0 Å². The summed E-state index contributed by atoms with van der Waals surface area (Å²) < 4.78 is 25.0. The molecule has 1 aliphatic carbocycles. The Labute approximate surface area is 122 Å². The van der Waals surface area contributed by atoms with Crippen molar-refractivity contribution in [2.24, 2.45) is 0 Å². The van der Waals surface area contributed by atoms with Crippen molar-refractivity contribution < 1.29 is 8.42 Å². The van der Waals surface area contributed by atoms with E-state index in [0.29, 0.717) is 18.4 Å². The van der Waals surface area contributed by atoms with Gasteiger partial charge in [-0.3, -0.25) is 0 Å². The molecule has 0 amide bonds. The van der Waals surface area contributed by atoms with Crippen LogP contribution in [0.3, 0.4) is 0 Å². The van der Waals surface area contributed by atoms with Crippen molar-refractivity contribution in [3.8, 4) is 0 Å². The third-order valence-corrected chi connectivity index (χ3v) is 5.50. The van der Waals surface area contributed by atoms with Gasteiger partial charge in [0.1, 0.15) is 0 Å². The van der Waals surface area contributed by atoms with Crippen LogP contribution in [0, 0.1) is 0 Å². The molecule has 1 aromatic carbocycles. The molecular weight excluding hydrogens is 272 g/mol. The normalized spacial score (nSPS) is 23.1. The first-order valence-corrected chi connectivity index (χ1v) is 8.97. The zero-order valence-corrected chi connectivity index (χ0v) is 12.8. The summed E-state index contributed by atoms with van der Waals surface area (Å²) in [6.07, 6.45) is 4.29. The van der Waals surface area contributed by atoms with Crippen molar-refractivity contribution in [3.05, 3.63) is 35.9 Å². The lowest BCUT2D eigenvalue weighted by atomic mass is 9.94. The number of rotatable bonds is 7. The highest BCUT2D eigenvalue weighted by Crippen LogP contribution is 2.34. The van der Waals surface area contributed by atoms with Gasteiger partial charge in [-0.25, -0.2) is 13.1 Å². The highest BCUT2D eigenvalue weighted by atomic mass is 32.2. The second-order valence-corrected chi connectivity index (χ2v) is 7.43. The van der Waals surface area contributed by atoms with E-state index < -0.39 is 10.0 Å². The fourth-order valence-electron chi connectivity index (χ4n) is 2.96. The third-order valence-electron chi connectivity index (χ3n) is 4.05. The minimum Gasteiger partial charge on any atom is -0.313 e. The predicted octanol–water partition coefficient (Wildman–Crippen LogP) is 1.85. The Bertz CT molecular complexity index is 502. The molecule has 5 heteroatoms. The molecule has 0 aliphatic heterocycles. The summed E-state index contributed by atoms with van der Waals surface area (Å²) in [5, 5.41) is 3.53. The van der Waals surface area contributed by atoms with E-state index >= 15 is 0 Å². The van der Waals surface area contributed by atoms with Crippen molar-refractivity contribution in [1.82, 2.24) is 10.0 Å². The lowest BCUT2D eigenvalue weighted by molar-refractivity contribution is 0.477. The van der Waals surface area contributed by atoms with Crippen molar-refractivity contribution in [3.63, 3.8) is 0 Å². The summed E-state index contributed by atoms with van der Waals surface area (Å²) in [6, 6.07) is 11.1. The zero-order chi connectivity index (χ0) is 14.4. The number of sulfonamides is 1. The molecule has 2 atom stereocenters. The van der Waals surface area contributed by atoms with Gasteiger partial charge in [0.2, 0.25) is 10.0 Å². The molecular formula is C15H24N2O2S.